The second-order valence-electron chi connectivity index (χ2n) is 7.94. The van der Waals surface area contributed by atoms with Crippen molar-refractivity contribution in [3.63, 3.8) is 0 Å². The van der Waals surface area contributed by atoms with Crippen LogP contribution in [0.3, 0.4) is 0 Å². The molecule has 1 aromatic heterocycles. The van der Waals surface area contributed by atoms with Crippen LogP contribution >= 0.6 is 45.2 Å². The topological polar surface area (TPSA) is 50.4 Å². The lowest BCUT2D eigenvalue weighted by molar-refractivity contribution is 0.103. The molecule has 0 atom stereocenters. The van der Waals surface area contributed by atoms with Crippen LogP contribution < -0.4 is 0 Å². The first-order valence-corrected chi connectivity index (χ1v) is 12.9. The Morgan fingerprint density at radius 1 is 0.906 bits per heavy atom. The van der Waals surface area contributed by atoms with Crippen LogP contribution in [0.1, 0.15) is 52.6 Å². The Bertz CT molecular complexity index is 1240. The molecule has 3 nitrogen and oxygen atoms in total. The summed E-state index contributed by atoms with van der Waals surface area (Å²) in [4.78, 5) is 13.5. The number of hydrogen-bond acceptors (Lipinski definition) is 3. The van der Waals surface area contributed by atoms with E-state index >= 15 is 0 Å². The molecule has 5 heteroatoms. The van der Waals surface area contributed by atoms with Gasteiger partial charge in [-0.2, -0.15) is 0 Å². The summed E-state index contributed by atoms with van der Waals surface area (Å²) < 4.78 is 7.54. The van der Waals surface area contributed by atoms with Crippen LogP contribution in [0.5, 0.6) is 5.75 Å². The van der Waals surface area contributed by atoms with Gasteiger partial charge in [-0.25, -0.2) is 0 Å². The van der Waals surface area contributed by atoms with Gasteiger partial charge in [0, 0.05) is 17.4 Å². The first kappa shape index (κ1) is 23.3. The van der Waals surface area contributed by atoms with Crippen molar-refractivity contribution in [1.29, 1.82) is 0 Å². The average molecular weight is 650 g/mol. The van der Waals surface area contributed by atoms with Gasteiger partial charge in [0.15, 0.2) is 5.78 Å². The van der Waals surface area contributed by atoms with E-state index in [2.05, 4.69) is 88.5 Å². The molecular weight excluding hydrogens is 626 g/mol. The van der Waals surface area contributed by atoms with Gasteiger partial charge >= 0.3 is 0 Å². The molecule has 0 radical (unpaired) electrons. The molecule has 0 bridgehead atoms. The summed E-state index contributed by atoms with van der Waals surface area (Å²) in [6.45, 7) is 2.09. The van der Waals surface area contributed by atoms with Crippen LogP contribution in [0.2, 0.25) is 0 Å². The van der Waals surface area contributed by atoms with Gasteiger partial charge in [0.05, 0.1) is 12.7 Å². The fourth-order valence-corrected chi connectivity index (χ4v) is 5.75. The van der Waals surface area contributed by atoms with Crippen molar-refractivity contribution in [3.05, 3.63) is 95.8 Å². The number of fused-ring (bicyclic) bond motifs is 1. The highest BCUT2D eigenvalue weighted by Crippen LogP contribution is 2.33. The van der Waals surface area contributed by atoms with Crippen LogP contribution in [-0.2, 0) is 19.3 Å². The van der Waals surface area contributed by atoms with Gasteiger partial charge in [-0.05, 0) is 100 Å². The molecule has 32 heavy (non-hydrogen) atoms. The Balaban J connectivity index is 1.63. The van der Waals surface area contributed by atoms with Crippen molar-refractivity contribution in [1.82, 2.24) is 0 Å². The van der Waals surface area contributed by atoms with Gasteiger partial charge in [0.25, 0.3) is 0 Å². The van der Waals surface area contributed by atoms with E-state index in [0.29, 0.717) is 24.7 Å². The van der Waals surface area contributed by atoms with Crippen molar-refractivity contribution in [2.24, 2.45) is 0 Å². The van der Waals surface area contributed by atoms with Crippen molar-refractivity contribution in [3.8, 4) is 5.75 Å². The highest BCUT2D eigenvalue weighted by molar-refractivity contribution is 14.1. The predicted octanol–water partition coefficient (Wildman–Crippen LogP) is 7.71. The first-order chi connectivity index (χ1) is 15.5. The fraction of sp³-hybridized carbons (Fsp3) is 0.222. The van der Waals surface area contributed by atoms with Gasteiger partial charge < -0.3 is 9.52 Å². The lowest BCUT2D eigenvalue weighted by atomic mass is 9.97. The summed E-state index contributed by atoms with van der Waals surface area (Å²) >= 11 is 4.12. The zero-order chi connectivity index (χ0) is 22.7. The van der Waals surface area contributed by atoms with E-state index in [-0.39, 0.29) is 11.5 Å². The van der Waals surface area contributed by atoms with Crippen molar-refractivity contribution < 1.29 is 14.3 Å². The van der Waals surface area contributed by atoms with Crippen LogP contribution in [0.15, 0.2) is 65.1 Å². The number of phenols is 1. The molecule has 0 saturated carbocycles. The number of ketones is 1. The van der Waals surface area contributed by atoms with E-state index in [9.17, 15) is 9.90 Å². The van der Waals surface area contributed by atoms with Crippen LogP contribution in [0.4, 0.5) is 0 Å². The highest BCUT2D eigenvalue weighted by atomic mass is 127. The number of hydrogen-bond donors (Lipinski definition) is 1. The van der Waals surface area contributed by atoms with Gasteiger partial charge in [0.2, 0.25) is 0 Å². The van der Waals surface area contributed by atoms with E-state index in [1.165, 1.54) is 11.1 Å². The molecule has 3 aromatic carbocycles. The van der Waals surface area contributed by atoms with E-state index in [4.69, 9.17) is 4.42 Å². The number of furan rings is 1. The quantitative estimate of drug-likeness (QED) is 0.157. The Hall–Kier alpha value is -1.87. The monoisotopic (exact) mass is 650 g/mol. The second kappa shape index (κ2) is 10.4. The molecule has 0 aliphatic heterocycles. The zero-order valence-electron chi connectivity index (χ0n) is 17.8. The molecular formula is C27H24I2O3. The molecule has 1 heterocycles. The number of rotatable bonds is 8. The van der Waals surface area contributed by atoms with E-state index < -0.39 is 0 Å². The third-order valence-corrected chi connectivity index (χ3v) is 7.23. The zero-order valence-corrected chi connectivity index (χ0v) is 22.1. The minimum Gasteiger partial charge on any atom is -0.506 e. The van der Waals surface area contributed by atoms with Crippen LogP contribution in [0, 0.1) is 7.14 Å². The molecule has 0 aliphatic rings. The maximum Gasteiger partial charge on any atom is 0.197 e. The minimum atomic E-state index is -0.0557. The molecule has 0 spiro atoms. The average Bonchev–Trinajstić information content (AvgIpc) is 3.14. The number of aromatic hydroxyl groups is 1. The highest BCUT2D eigenvalue weighted by Gasteiger charge is 2.23. The minimum absolute atomic E-state index is 0.0557. The summed E-state index contributed by atoms with van der Waals surface area (Å²) in [7, 11) is 0. The van der Waals surface area contributed by atoms with Gasteiger partial charge in [-0.1, -0.05) is 49.4 Å². The molecule has 0 fully saturated rings. The molecule has 0 amide bonds. The Kier molecular flexibility index (Phi) is 7.55. The van der Waals surface area contributed by atoms with Crippen LogP contribution in [-0.4, -0.2) is 10.9 Å². The van der Waals surface area contributed by atoms with Crippen molar-refractivity contribution in [2.45, 2.75) is 39.0 Å². The normalized spacial score (nSPS) is 11.2. The first-order valence-electron chi connectivity index (χ1n) is 10.8. The van der Waals surface area contributed by atoms with Crippen LogP contribution in [0.25, 0.3) is 11.0 Å². The van der Waals surface area contributed by atoms with E-state index in [1.807, 2.05) is 12.1 Å². The number of phenolic OH excluding ortho intramolecular Hbond substituents is 1. The van der Waals surface area contributed by atoms with E-state index in [1.54, 1.807) is 12.1 Å². The standard InChI is InChI=1S/C27H24I2O3/c1-2-7-23-25(26(30)19-15-21(28)27(31)22(29)16-19)20-13-12-18(14-24(20)32-23)11-6-10-17-8-4-3-5-9-17/h3-5,8-9,12-16,31H,2,6-7,10-11H2,1H3. The maximum atomic E-state index is 13.5. The third kappa shape index (κ3) is 5.03. The molecule has 4 rings (SSSR count). The Morgan fingerprint density at radius 3 is 2.28 bits per heavy atom. The van der Waals surface area contributed by atoms with Gasteiger partial charge in [0.1, 0.15) is 17.1 Å². The smallest absolute Gasteiger partial charge is 0.197 e. The molecule has 0 aliphatic carbocycles. The third-order valence-electron chi connectivity index (χ3n) is 5.58. The molecule has 164 valence electrons. The number of carbonyl (C=O) groups is 1. The molecule has 0 saturated heterocycles. The SMILES string of the molecule is CCCc1oc2cc(CCCc3ccccc3)ccc2c1C(=O)c1cc(I)c(O)c(I)c1. The number of aryl methyl sites for hydroxylation is 3. The number of carbonyl (C=O) groups excluding carboxylic acids is 1. The Morgan fingerprint density at radius 2 is 1.59 bits per heavy atom. The largest absolute Gasteiger partial charge is 0.506 e. The lowest BCUT2D eigenvalue weighted by Crippen LogP contribution is -2.05. The fourth-order valence-electron chi connectivity index (χ4n) is 3.98. The predicted molar refractivity (Wildman–Crippen MR) is 146 cm³/mol. The van der Waals surface area contributed by atoms with Crippen molar-refractivity contribution in [2.75, 3.05) is 0 Å². The molecule has 1 N–H and O–H groups in total. The molecule has 4 aromatic rings. The number of benzene rings is 3. The Labute approximate surface area is 215 Å². The van der Waals surface area contributed by atoms with Crippen molar-refractivity contribution >= 4 is 61.9 Å². The maximum absolute atomic E-state index is 13.5. The summed E-state index contributed by atoms with van der Waals surface area (Å²) in [5, 5.41) is 10.9. The summed E-state index contributed by atoms with van der Waals surface area (Å²) in [6, 6.07) is 20.2. The second-order valence-corrected chi connectivity index (χ2v) is 10.3. The van der Waals surface area contributed by atoms with Gasteiger partial charge in [-0.15, -0.1) is 0 Å². The lowest BCUT2D eigenvalue weighted by Gasteiger charge is -2.07. The summed E-state index contributed by atoms with van der Waals surface area (Å²) in [6.07, 6.45) is 4.68. The number of halogens is 2. The van der Waals surface area contributed by atoms with E-state index in [0.717, 1.165) is 42.4 Å². The summed E-state index contributed by atoms with van der Waals surface area (Å²) in [5.74, 6) is 0.903. The van der Waals surface area contributed by atoms with Gasteiger partial charge in [-0.3, -0.25) is 4.79 Å². The summed E-state index contributed by atoms with van der Waals surface area (Å²) in [5.41, 5.74) is 4.57. The molecule has 0 unspecified atom stereocenters.